The molecule has 0 radical (unpaired) electrons. The van der Waals surface area contributed by atoms with Gasteiger partial charge in [0.25, 0.3) is 0 Å². The average molecular weight is 398 g/mol. The molecule has 11 heteroatoms. The van der Waals surface area contributed by atoms with Crippen molar-refractivity contribution in [3.05, 3.63) is 68.7 Å². The molecule has 0 aliphatic heterocycles. The molecule has 0 atom stereocenters. The summed E-state index contributed by atoms with van der Waals surface area (Å²) >= 11 is 0. The molecule has 2 rings (SSSR count). The standard InChI is InChI=1S/C17H13F3N2O6/c1-27-14-9-10(8-12(22(25)26)15(14)28-2)5-6-13(23)11-4-3-7-21(24)16(11)17(18,19)20/h3-9H,1-2H3. The second kappa shape index (κ2) is 7.94. The van der Waals surface area contributed by atoms with Gasteiger partial charge < -0.3 is 14.7 Å². The Morgan fingerprint density at radius 3 is 2.46 bits per heavy atom. The van der Waals surface area contributed by atoms with E-state index in [-0.39, 0.29) is 17.1 Å². The number of alkyl halides is 3. The van der Waals surface area contributed by atoms with E-state index in [9.17, 15) is 33.3 Å². The summed E-state index contributed by atoms with van der Waals surface area (Å²) in [4.78, 5) is 22.6. The Hall–Kier alpha value is -3.63. The number of ketones is 1. The van der Waals surface area contributed by atoms with Gasteiger partial charge >= 0.3 is 17.6 Å². The van der Waals surface area contributed by atoms with Crippen molar-refractivity contribution < 1.29 is 37.1 Å². The molecule has 1 aromatic heterocycles. The lowest BCUT2D eigenvalue weighted by Gasteiger charge is -2.10. The maximum Gasteiger partial charge on any atom is 0.479 e. The Labute approximate surface area is 156 Å². The highest BCUT2D eigenvalue weighted by molar-refractivity contribution is 6.07. The lowest BCUT2D eigenvalue weighted by atomic mass is 10.1. The predicted molar refractivity (Wildman–Crippen MR) is 90.0 cm³/mol. The van der Waals surface area contributed by atoms with Crippen LogP contribution in [-0.4, -0.2) is 24.9 Å². The zero-order valence-corrected chi connectivity index (χ0v) is 14.5. The van der Waals surface area contributed by atoms with Crippen molar-refractivity contribution in [1.82, 2.24) is 0 Å². The van der Waals surface area contributed by atoms with Gasteiger partial charge in [0.15, 0.2) is 17.7 Å². The van der Waals surface area contributed by atoms with Crippen LogP contribution in [0, 0.1) is 15.3 Å². The number of aromatic nitrogens is 1. The van der Waals surface area contributed by atoms with Crippen LogP contribution in [-0.2, 0) is 6.18 Å². The highest BCUT2D eigenvalue weighted by Crippen LogP contribution is 2.38. The van der Waals surface area contributed by atoms with Crippen LogP contribution in [0.4, 0.5) is 18.9 Å². The topological polar surface area (TPSA) is 106 Å². The Morgan fingerprint density at radius 1 is 1.25 bits per heavy atom. The van der Waals surface area contributed by atoms with Gasteiger partial charge in [-0.3, -0.25) is 14.9 Å². The molecule has 0 N–H and O–H groups in total. The number of ether oxygens (including phenoxy) is 2. The summed E-state index contributed by atoms with van der Waals surface area (Å²) < 4.78 is 48.6. The third kappa shape index (κ3) is 4.19. The van der Waals surface area contributed by atoms with Crippen molar-refractivity contribution in [3.8, 4) is 11.5 Å². The third-order valence-corrected chi connectivity index (χ3v) is 3.60. The van der Waals surface area contributed by atoms with Crippen LogP contribution in [0.3, 0.4) is 0 Å². The number of carbonyl (C=O) groups excluding carboxylic acids is 1. The van der Waals surface area contributed by atoms with Crippen LogP contribution in [0.2, 0.25) is 0 Å². The number of nitro groups is 1. The summed E-state index contributed by atoms with van der Waals surface area (Å²) in [6.07, 6.45) is -2.57. The second-order valence-corrected chi connectivity index (χ2v) is 5.32. The van der Waals surface area contributed by atoms with Gasteiger partial charge in [0, 0.05) is 12.1 Å². The fraction of sp³-hybridized carbons (Fsp3) is 0.176. The molecule has 0 saturated carbocycles. The quantitative estimate of drug-likeness (QED) is 0.185. The van der Waals surface area contributed by atoms with E-state index in [4.69, 9.17) is 9.47 Å². The average Bonchev–Trinajstić information content (AvgIpc) is 2.63. The van der Waals surface area contributed by atoms with Gasteiger partial charge in [-0.05, 0) is 23.8 Å². The first kappa shape index (κ1) is 20.7. The predicted octanol–water partition coefficient (Wildman–Crippen LogP) is 3.16. The molecule has 2 aromatic rings. The molecule has 1 aromatic carbocycles. The van der Waals surface area contributed by atoms with E-state index in [1.165, 1.54) is 20.3 Å². The van der Waals surface area contributed by atoms with Crippen LogP contribution in [0.1, 0.15) is 21.6 Å². The normalized spacial score (nSPS) is 11.5. The summed E-state index contributed by atoms with van der Waals surface area (Å²) in [5, 5.41) is 22.6. The van der Waals surface area contributed by atoms with Crippen molar-refractivity contribution in [2.75, 3.05) is 14.2 Å². The number of nitro benzene ring substituents is 1. The van der Waals surface area contributed by atoms with Gasteiger partial charge in [-0.15, -0.1) is 0 Å². The van der Waals surface area contributed by atoms with E-state index in [1.54, 1.807) is 0 Å². The number of methoxy groups -OCH3 is 2. The molecule has 148 valence electrons. The maximum atomic E-state index is 13.1. The summed E-state index contributed by atoms with van der Waals surface area (Å²) in [6.45, 7) is 0. The van der Waals surface area contributed by atoms with Gasteiger partial charge in [0.1, 0.15) is 5.56 Å². The number of pyridine rings is 1. The largest absolute Gasteiger partial charge is 0.618 e. The summed E-state index contributed by atoms with van der Waals surface area (Å²) in [6, 6.07) is 4.24. The van der Waals surface area contributed by atoms with Gasteiger partial charge in [-0.25, -0.2) is 0 Å². The van der Waals surface area contributed by atoms with Gasteiger partial charge in [0.2, 0.25) is 5.75 Å². The molecule has 0 amide bonds. The van der Waals surface area contributed by atoms with E-state index in [1.807, 2.05) is 0 Å². The van der Waals surface area contributed by atoms with Gasteiger partial charge in [0.05, 0.1) is 19.1 Å². The van der Waals surface area contributed by atoms with Crippen LogP contribution in [0.25, 0.3) is 6.08 Å². The number of allylic oxidation sites excluding steroid dienone is 1. The molecule has 0 saturated heterocycles. The highest BCUT2D eigenvalue weighted by Gasteiger charge is 2.43. The van der Waals surface area contributed by atoms with Gasteiger partial charge in [-0.2, -0.15) is 17.9 Å². The zero-order valence-electron chi connectivity index (χ0n) is 14.5. The van der Waals surface area contributed by atoms with Crippen molar-refractivity contribution >= 4 is 17.5 Å². The molecule has 28 heavy (non-hydrogen) atoms. The molecule has 0 aliphatic rings. The minimum atomic E-state index is -5.04. The Balaban J connectivity index is 2.48. The van der Waals surface area contributed by atoms with E-state index in [2.05, 4.69) is 0 Å². The number of halogens is 3. The summed E-state index contributed by atoms with van der Waals surface area (Å²) in [5.74, 6) is -1.25. The number of carbonyl (C=O) groups is 1. The first-order valence-electron chi connectivity index (χ1n) is 7.52. The molecule has 0 unspecified atom stereocenters. The number of benzene rings is 1. The lowest BCUT2D eigenvalue weighted by Crippen LogP contribution is -2.38. The number of hydrogen-bond donors (Lipinski definition) is 0. The van der Waals surface area contributed by atoms with Crippen molar-refractivity contribution in [3.63, 3.8) is 0 Å². The minimum Gasteiger partial charge on any atom is -0.618 e. The molecular formula is C17H13F3N2O6. The minimum absolute atomic E-state index is 0.00288. The molecule has 0 fully saturated rings. The number of nitrogens with zero attached hydrogens (tertiary/aromatic N) is 2. The van der Waals surface area contributed by atoms with Crippen LogP contribution in [0.15, 0.2) is 36.5 Å². The molecule has 0 bridgehead atoms. The van der Waals surface area contributed by atoms with E-state index in [0.29, 0.717) is 6.20 Å². The fourth-order valence-electron chi connectivity index (χ4n) is 2.42. The zero-order chi connectivity index (χ0) is 21.1. The van der Waals surface area contributed by atoms with Crippen molar-refractivity contribution in [2.24, 2.45) is 0 Å². The van der Waals surface area contributed by atoms with E-state index >= 15 is 0 Å². The number of hydrogen-bond acceptors (Lipinski definition) is 6. The van der Waals surface area contributed by atoms with E-state index in [0.717, 1.165) is 30.4 Å². The highest BCUT2D eigenvalue weighted by atomic mass is 19.4. The molecule has 8 nitrogen and oxygen atoms in total. The molecule has 0 aliphatic carbocycles. The van der Waals surface area contributed by atoms with Gasteiger partial charge in [-0.1, -0.05) is 6.08 Å². The summed E-state index contributed by atoms with van der Waals surface area (Å²) in [7, 11) is 2.45. The lowest BCUT2D eigenvalue weighted by molar-refractivity contribution is -0.629. The first-order valence-corrected chi connectivity index (χ1v) is 7.52. The molecule has 1 heterocycles. The number of rotatable bonds is 6. The first-order chi connectivity index (χ1) is 13.1. The monoisotopic (exact) mass is 398 g/mol. The van der Waals surface area contributed by atoms with Crippen molar-refractivity contribution in [2.45, 2.75) is 6.18 Å². The van der Waals surface area contributed by atoms with Crippen LogP contribution < -0.4 is 14.2 Å². The fourth-order valence-corrected chi connectivity index (χ4v) is 2.42. The SMILES string of the molecule is COc1cc(C=CC(=O)c2ccc[n+]([O-])c2C(F)(F)F)cc([N+](=O)[O-])c1OC. The smallest absolute Gasteiger partial charge is 0.479 e. The molecular weight excluding hydrogens is 385 g/mol. The van der Waals surface area contributed by atoms with E-state index < -0.39 is 38.6 Å². The molecule has 0 spiro atoms. The Bertz CT molecular complexity index is 957. The third-order valence-electron chi connectivity index (χ3n) is 3.60. The van der Waals surface area contributed by atoms with Crippen molar-refractivity contribution in [1.29, 1.82) is 0 Å². The Morgan fingerprint density at radius 2 is 1.93 bits per heavy atom. The summed E-state index contributed by atoms with van der Waals surface area (Å²) in [5.41, 5.74) is -2.85. The van der Waals surface area contributed by atoms with Crippen LogP contribution in [0.5, 0.6) is 11.5 Å². The Kier molecular flexibility index (Phi) is 5.87. The second-order valence-electron chi connectivity index (χ2n) is 5.32. The van der Waals surface area contributed by atoms with Crippen LogP contribution >= 0.6 is 0 Å². The maximum absolute atomic E-state index is 13.1.